The fraction of sp³-hybridized carbons (Fsp3) is 0.267. The summed E-state index contributed by atoms with van der Waals surface area (Å²) in [6.07, 6.45) is 0.380. The molecule has 4 rings (SSSR count). The van der Waals surface area contributed by atoms with Crippen LogP contribution in [0.5, 0.6) is 0 Å². The van der Waals surface area contributed by atoms with Crippen LogP contribution in [-0.2, 0) is 4.79 Å². The first-order valence-corrected chi connectivity index (χ1v) is 8.57. The summed E-state index contributed by atoms with van der Waals surface area (Å²) >= 11 is 9.22. The molecule has 3 heterocycles. The molecule has 1 aromatic heterocycles. The number of carboxylic acid groups (broad SMARTS) is 1. The first-order chi connectivity index (χ1) is 11.9. The smallest absolute Gasteiger partial charge is 0.407 e. The zero-order valence-electron chi connectivity index (χ0n) is 12.6. The molecule has 1 atom stereocenters. The summed E-state index contributed by atoms with van der Waals surface area (Å²) in [5.41, 5.74) is 1.25. The highest BCUT2D eigenvalue weighted by Crippen LogP contribution is 2.43. The third-order valence-electron chi connectivity index (χ3n) is 4.46. The van der Waals surface area contributed by atoms with Crippen molar-refractivity contribution in [1.82, 2.24) is 9.88 Å². The zero-order valence-corrected chi connectivity index (χ0v) is 14.9. The number of hydrogen-bond donors (Lipinski definition) is 2. The summed E-state index contributed by atoms with van der Waals surface area (Å²) in [5.74, 6) is -0.978. The van der Waals surface area contributed by atoms with Crippen molar-refractivity contribution < 1.29 is 19.1 Å². The fourth-order valence-electron chi connectivity index (χ4n) is 3.29. The van der Waals surface area contributed by atoms with Crippen molar-refractivity contribution in [2.24, 2.45) is 0 Å². The Hall–Kier alpha value is -2.13. The van der Waals surface area contributed by atoms with Crippen LogP contribution in [0.1, 0.15) is 0 Å². The van der Waals surface area contributed by atoms with Gasteiger partial charge in [-0.25, -0.2) is 9.18 Å². The van der Waals surface area contributed by atoms with E-state index >= 15 is 0 Å². The van der Waals surface area contributed by atoms with Gasteiger partial charge in [0.05, 0.1) is 40.0 Å². The number of carbonyl (C=O) groups is 2. The topological polar surface area (TPSA) is 85.8 Å². The van der Waals surface area contributed by atoms with Gasteiger partial charge in [-0.05, 0) is 22.0 Å². The molecule has 1 saturated heterocycles. The number of anilines is 2. The van der Waals surface area contributed by atoms with Gasteiger partial charge in [-0.3, -0.25) is 9.78 Å². The van der Waals surface area contributed by atoms with Crippen molar-refractivity contribution in [3.8, 4) is 0 Å². The third kappa shape index (κ3) is 2.41. The number of carbonyl (C=O) groups excluding carboxylic acids is 1. The molecule has 0 unspecified atom stereocenters. The SMILES string of the molecule is O=C1Nc2cnc3cc(Br)c(Cl)c(F)c3c2N2CCN(C(=O)O)C[C@H]12. The Bertz CT molecular complexity index is 941. The van der Waals surface area contributed by atoms with Crippen LogP contribution in [0.25, 0.3) is 10.9 Å². The minimum Gasteiger partial charge on any atom is -0.465 e. The van der Waals surface area contributed by atoms with Crippen molar-refractivity contribution in [3.05, 3.63) is 27.6 Å². The van der Waals surface area contributed by atoms with Crippen LogP contribution in [0.15, 0.2) is 16.7 Å². The maximum absolute atomic E-state index is 14.9. The largest absolute Gasteiger partial charge is 0.465 e. The molecule has 2 aliphatic rings. The first-order valence-electron chi connectivity index (χ1n) is 7.40. The highest BCUT2D eigenvalue weighted by Gasteiger charge is 2.40. The Morgan fingerprint density at radius 2 is 2.24 bits per heavy atom. The van der Waals surface area contributed by atoms with Crippen LogP contribution < -0.4 is 10.2 Å². The van der Waals surface area contributed by atoms with Crippen molar-refractivity contribution in [2.75, 3.05) is 29.9 Å². The summed E-state index contributed by atoms with van der Waals surface area (Å²) in [7, 11) is 0. The van der Waals surface area contributed by atoms with E-state index in [-0.39, 0.29) is 36.0 Å². The van der Waals surface area contributed by atoms with Gasteiger partial charge < -0.3 is 20.2 Å². The number of pyridine rings is 1. The lowest BCUT2D eigenvalue weighted by molar-refractivity contribution is -0.118. The number of nitrogens with zero attached hydrogens (tertiary/aromatic N) is 3. The van der Waals surface area contributed by atoms with Gasteiger partial charge in [0.1, 0.15) is 6.04 Å². The van der Waals surface area contributed by atoms with E-state index in [9.17, 15) is 19.1 Å². The Balaban J connectivity index is 1.92. The normalized spacial score (nSPS) is 19.5. The highest BCUT2D eigenvalue weighted by atomic mass is 79.9. The lowest BCUT2D eigenvalue weighted by Crippen LogP contribution is -2.61. The third-order valence-corrected chi connectivity index (χ3v) is 5.69. The van der Waals surface area contributed by atoms with E-state index in [0.29, 0.717) is 21.4 Å². The summed E-state index contributed by atoms with van der Waals surface area (Å²) < 4.78 is 15.2. The van der Waals surface area contributed by atoms with E-state index in [1.807, 2.05) is 0 Å². The average Bonchev–Trinajstić information content (AvgIpc) is 2.59. The van der Waals surface area contributed by atoms with Crippen LogP contribution in [0.4, 0.5) is 20.6 Å². The van der Waals surface area contributed by atoms with E-state index in [4.69, 9.17) is 11.6 Å². The summed E-state index contributed by atoms with van der Waals surface area (Å²) in [4.78, 5) is 30.7. The van der Waals surface area contributed by atoms with Crippen LogP contribution in [0.3, 0.4) is 0 Å². The molecule has 2 amide bonds. The van der Waals surface area contributed by atoms with Crippen molar-refractivity contribution in [3.63, 3.8) is 0 Å². The van der Waals surface area contributed by atoms with Crippen LogP contribution in [0.2, 0.25) is 5.02 Å². The summed E-state index contributed by atoms with van der Waals surface area (Å²) in [5, 5.41) is 12.0. The van der Waals surface area contributed by atoms with E-state index in [0.717, 1.165) is 0 Å². The Morgan fingerprint density at radius 3 is 2.96 bits per heavy atom. The number of piperazine rings is 1. The molecule has 130 valence electrons. The van der Waals surface area contributed by atoms with Crippen LogP contribution in [0, 0.1) is 5.82 Å². The molecule has 2 aromatic rings. The number of rotatable bonds is 0. The monoisotopic (exact) mass is 428 g/mol. The fourth-order valence-corrected chi connectivity index (χ4v) is 3.83. The predicted molar refractivity (Wildman–Crippen MR) is 93.8 cm³/mol. The molecule has 10 heteroatoms. The summed E-state index contributed by atoms with van der Waals surface area (Å²) in [6.45, 7) is 0.494. The van der Waals surface area contributed by atoms with Crippen molar-refractivity contribution in [2.45, 2.75) is 6.04 Å². The van der Waals surface area contributed by atoms with Crippen molar-refractivity contribution in [1.29, 1.82) is 0 Å². The lowest BCUT2D eigenvalue weighted by atomic mass is 10.0. The lowest BCUT2D eigenvalue weighted by Gasteiger charge is -2.44. The maximum atomic E-state index is 14.9. The van der Waals surface area contributed by atoms with Gasteiger partial charge in [-0.1, -0.05) is 11.6 Å². The standard InChI is InChI=1S/C15H11BrClFN4O3/c16-6-3-7-10(12(18)11(6)17)13-8(4-19-7)20-14(23)9-5-21(15(24)25)1-2-22(9)13/h3-4,9H,1-2,5H2,(H,20,23)(H,24,25)/t9-/m1/s1. The number of amides is 2. The van der Waals surface area contributed by atoms with E-state index in [1.165, 1.54) is 11.1 Å². The predicted octanol–water partition coefficient (Wildman–Crippen LogP) is 2.91. The highest BCUT2D eigenvalue weighted by molar-refractivity contribution is 9.10. The van der Waals surface area contributed by atoms with Gasteiger partial charge in [0.25, 0.3) is 0 Å². The molecule has 0 bridgehead atoms. The Kier molecular flexibility index (Phi) is 3.73. The van der Waals surface area contributed by atoms with Crippen LogP contribution >= 0.6 is 27.5 Å². The Labute approximate surface area is 154 Å². The minimum absolute atomic E-state index is 0.0102. The molecule has 25 heavy (non-hydrogen) atoms. The molecule has 0 aliphatic carbocycles. The molecule has 0 saturated carbocycles. The molecular formula is C15H11BrClFN4O3. The quantitative estimate of drug-likeness (QED) is 0.629. The average molecular weight is 430 g/mol. The summed E-state index contributed by atoms with van der Waals surface area (Å²) in [6, 6.07) is 0.879. The molecule has 2 N–H and O–H groups in total. The molecular weight excluding hydrogens is 419 g/mol. The van der Waals surface area contributed by atoms with Gasteiger partial charge in [0.2, 0.25) is 5.91 Å². The second-order valence-corrected chi connectivity index (χ2v) is 7.06. The van der Waals surface area contributed by atoms with Gasteiger partial charge in [-0.2, -0.15) is 0 Å². The number of aromatic nitrogens is 1. The number of nitrogens with one attached hydrogen (secondary N) is 1. The maximum Gasteiger partial charge on any atom is 0.407 e. The van der Waals surface area contributed by atoms with Gasteiger partial charge in [0.15, 0.2) is 5.82 Å². The van der Waals surface area contributed by atoms with Gasteiger partial charge >= 0.3 is 6.09 Å². The molecule has 0 radical (unpaired) electrons. The van der Waals surface area contributed by atoms with Gasteiger partial charge in [0, 0.05) is 17.6 Å². The van der Waals surface area contributed by atoms with E-state index in [1.54, 1.807) is 11.0 Å². The second kappa shape index (κ2) is 5.70. The first kappa shape index (κ1) is 16.3. The van der Waals surface area contributed by atoms with E-state index < -0.39 is 18.0 Å². The molecule has 0 spiro atoms. The molecule has 1 fully saturated rings. The van der Waals surface area contributed by atoms with Crippen molar-refractivity contribution >= 4 is 61.8 Å². The number of benzene rings is 1. The zero-order chi connectivity index (χ0) is 17.9. The van der Waals surface area contributed by atoms with E-state index in [2.05, 4.69) is 26.2 Å². The Morgan fingerprint density at radius 1 is 1.48 bits per heavy atom. The number of halogens is 3. The molecule has 1 aromatic carbocycles. The minimum atomic E-state index is -1.09. The number of fused-ring (bicyclic) bond motifs is 5. The number of hydrogen-bond acceptors (Lipinski definition) is 4. The second-order valence-electron chi connectivity index (χ2n) is 5.83. The van der Waals surface area contributed by atoms with Gasteiger partial charge in [-0.15, -0.1) is 0 Å². The molecule has 7 nitrogen and oxygen atoms in total. The van der Waals surface area contributed by atoms with Crippen LogP contribution in [-0.4, -0.2) is 52.7 Å². The molecule has 2 aliphatic heterocycles.